The summed E-state index contributed by atoms with van der Waals surface area (Å²) in [5.74, 6) is -0.562. The number of hydrogen-bond acceptors (Lipinski definition) is 6. The summed E-state index contributed by atoms with van der Waals surface area (Å²) >= 11 is 1.16. The van der Waals surface area contributed by atoms with Crippen LogP contribution in [-0.4, -0.2) is 48.7 Å². The number of aromatic nitrogens is 1. The molecule has 1 saturated heterocycles. The fourth-order valence-electron chi connectivity index (χ4n) is 3.06. The van der Waals surface area contributed by atoms with Crippen LogP contribution >= 0.6 is 11.3 Å². The molecule has 2 heterocycles. The third-order valence-corrected chi connectivity index (χ3v) is 6.89. The summed E-state index contributed by atoms with van der Waals surface area (Å²) in [7, 11) is -3.22. The van der Waals surface area contributed by atoms with Gasteiger partial charge in [0.25, 0.3) is 0 Å². The maximum Gasteiger partial charge on any atom is 0.229 e. The Morgan fingerprint density at radius 1 is 1.19 bits per heavy atom. The van der Waals surface area contributed by atoms with E-state index in [2.05, 4.69) is 10.3 Å². The number of carbonyl (C=O) groups is 2. The maximum atomic E-state index is 12.6. The van der Waals surface area contributed by atoms with E-state index in [0.29, 0.717) is 41.6 Å². The first-order chi connectivity index (χ1) is 12.8. The van der Waals surface area contributed by atoms with E-state index in [1.54, 1.807) is 0 Å². The van der Waals surface area contributed by atoms with Gasteiger partial charge in [-0.25, -0.2) is 17.7 Å². The zero-order valence-corrected chi connectivity index (χ0v) is 16.8. The molecule has 1 N–H and O–H groups in total. The van der Waals surface area contributed by atoms with Gasteiger partial charge in [0.1, 0.15) is 0 Å². The van der Waals surface area contributed by atoms with Gasteiger partial charge in [0.05, 0.1) is 16.8 Å². The van der Waals surface area contributed by atoms with E-state index >= 15 is 0 Å². The number of rotatable bonds is 5. The number of benzene rings is 1. The minimum atomic E-state index is -3.22. The first-order valence-corrected chi connectivity index (χ1v) is 11.3. The largest absolute Gasteiger partial charge is 0.302 e. The molecule has 0 radical (unpaired) electrons. The van der Waals surface area contributed by atoms with Crippen molar-refractivity contribution in [3.63, 3.8) is 0 Å². The lowest BCUT2D eigenvalue weighted by Gasteiger charge is -2.29. The zero-order chi connectivity index (χ0) is 19.6. The fraction of sp³-hybridized carbons (Fsp3) is 0.389. The molecule has 7 nitrogen and oxygen atoms in total. The first-order valence-electron chi connectivity index (χ1n) is 8.59. The Labute approximate surface area is 162 Å². The van der Waals surface area contributed by atoms with Gasteiger partial charge in [-0.05, 0) is 12.8 Å². The second kappa shape index (κ2) is 7.87. The lowest BCUT2D eigenvalue weighted by Crippen LogP contribution is -2.40. The SMILES string of the molecule is CC(=O)c1sc(NC(=O)C2CCN(S(C)(=O)=O)CC2)nc1-c1ccccc1. The molecular formula is C18H21N3O4S2. The molecule has 1 aliphatic heterocycles. The van der Waals surface area contributed by atoms with Crippen molar-refractivity contribution in [2.45, 2.75) is 19.8 Å². The Kier molecular flexibility index (Phi) is 5.73. The van der Waals surface area contributed by atoms with Crippen LogP contribution in [-0.2, 0) is 14.8 Å². The summed E-state index contributed by atoms with van der Waals surface area (Å²) in [6.07, 6.45) is 2.11. The summed E-state index contributed by atoms with van der Waals surface area (Å²) in [5, 5.41) is 3.18. The van der Waals surface area contributed by atoms with E-state index in [9.17, 15) is 18.0 Å². The van der Waals surface area contributed by atoms with Crippen LogP contribution in [0, 0.1) is 5.92 Å². The van der Waals surface area contributed by atoms with Gasteiger partial charge < -0.3 is 5.32 Å². The summed E-state index contributed by atoms with van der Waals surface area (Å²) < 4.78 is 24.5. The van der Waals surface area contributed by atoms with Crippen molar-refractivity contribution in [2.24, 2.45) is 5.92 Å². The summed E-state index contributed by atoms with van der Waals surface area (Å²) in [6, 6.07) is 9.36. The van der Waals surface area contributed by atoms with E-state index in [0.717, 1.165) is 16.9 Å². The van der Waals surface area contributed by atoms with Gasteiger partial charge in [0.15, 0.2) is 10.9 Å². The van der Waals surface area contributed by atoms with Gasteiger partial charge in [-0.15, -0.1) is 0 Å². The molecule has 1 aliphatic rings. The Bertz CT molecular complexity index is 946. The molecule has 27 heavy (non-hydrogen) atoms. The number of thiazole rings is 1. The highest BCUT2D eigenvalue weighted by atomic mass is 32.2. The number of sulfonamides is 1. The molecule has 144 valence electrons. The second-order valence-electron chi connectivity index (χ2n) is 6.54. The monoisotopic (exact) mass is 407 g/mol. The van der Waals surface area contributed by atoms with Gasteiger partial charge in [0.2, 0.25) is 15.9 Å². The van der Waals surface area contributed by atoms with Crippen LogP contribution in [0.1, 0.15) is 29.4 Å². The molecule has 0 bridgehead atoms. The molecule has 3 rings (SSSR count). The van der Waals surface area contributed by atoms with Crippen LogP contribution in [0.2, 0.25) is 0 Å². The Morgan fingerprint density at radius 2 is 1.81 bits per heavy atom. The van der Waals surface area contributed by atoms with Crippen molar-refractivity contribution in [3.8, 4) is 11.3 Å². The number of piperidine rings is 1. The fourth-order valence-corrected chi connectivity index (χ4v) is 4.82. The predicted molar refractivity (Wildman–Crippen MR) is 105 cm³/mol. The number of carbonyl (C=O) groups excluding carboxylic acids is 2. The van der Waals surface area contributed by atoms with Crippen LogP contribution in [0.25, 0.3) is 11.3 Å². The van der Waals surface area contributed by atoms with Gasteiger partial charge >= 0.3 is 0 Å². The molecular weight excluding hydrogens is 386 g/mol. The Balaban J connectivity index is 1.73. The van der Waals surface area contributed by atoms with E-state index in [4.69, 9.17) is 0 Å². The lowest BCUT2D eigenvalue weighted by molar-refractivity contribution is -0.120. The van der Waals surface area contributed by atoms with Crippen LogP contribution < -0.4 is 5.32 Å². The molecule has 0 unspecified atom stereocenters. The van der Waals surface area contributed by atoms with Crippen molar-refractivity contribution in [1.82, 2.24) is 9.29 Å². The van der Waals surface area contributed by atoms with E-state index in [1.165, 1.54) is 17.5 Å². The average molecular weight is 408 g/mol. The van der Waals surface area contributed by atoms with Crippen molar-refractivity contribution in [1.29, 1.82) is 0 Å². The predicted octanol–water partition coefficient (Wildman–Crippen LogP) is 2.62. The molecule has 1 amide bonds. The molecule has 1 aromatic heterocycles. The molecule has 0 spiro atoms. The molecule has 0 saturated carbocycles. The van der Waals surface area contributed by atoms with Crippen LogP contribution in [0.5, 0.6) is 0 Å². The number of nitrogens with zero attached hydrogens (tertiary/aromatic N) is 2. The normalized spacial score (nSPS) is 16.2. The van der Waals surface area contributed by atoms with Gasteiger partial charge in [-0.1, -0.05) is 41.7 Å². The number of amides is 1. The molecule has 1 fully saturated rings. The molecule has 1 aromatic carbocycles. The Morgan fingerprint density at radius 3 is 2.37 bits per heavy atom. The van der Waals surface area contributed by atoms with Crippen molar-refractivity contribution in [2.75, 3.05) is 24.7 Å². The number of nitrogens with one attached hydrogen (secondary N) is 1. The summed E-state index contributed by atoms with van der Waals surface area (Å²) in [6.45, 7) is 2.15. The number of hydrogen-bond donors (Lipinski definition) is 1. The van der Waals surface area contributed by atoms with E-state index in [1.807, 2.05) is 30.3 Å². The molecule has 0 atom stereocenters. The maximum absolute atomic E-state index is 12.6. The van der Waals surface area contributed by atoms with Crippen molar-refractivity contribution >= 4 is 38.2 Å². The molecule has 0 aliphatic carbocycles. The third-order valence-electron chi connectivity index (χ3n) is 4.52. The smallest absolute Gasteiger partial charge is 0.229 e. The van der Waals surface area contributed by atoms with Gasteiger partial charge in [0, 0.05) is 31.5 Å². The van der Waals surface area contributed by atoms with Crippen LogP contribution in [0.15, 0.2) is 30.3 Å². The summed E-state index contributed by atoms with van der Waals surface area (Å²) in [5.41, 5.74) is 1.39. The van der Waals surface area contributed by atoms with Crippen molar-refractivity contribution in [3.05, 3.63) is 35.2 Å². The second-order valence-corrected chi connectivity index (χ2v) is 9.53. The van der Waals surface area contributed by atoms with E-state index in [-0.39, 0.29) is 17.6 Å². The first kappa shape index (κ1) is 19.7. The highest BCUT2D eigenvalue weighted by Gasteiger charge is 2.29. The van der Waals surface area contributed by atoms with E-state index < -0.39 is 10.0 Å². The van der Waals surface area contributed by atoms with Gasteiger partial charge in [-0.2, -0.15) is 0 Å². The topological polar surface area (TPSA) is 96.4 Å². The quantitative estimate of drug-likeness (QED) is 0.769. The minimum absolute atomic E-state index is 0.103. The summed E-state index contributed by atoms with van der Waals surface area (Å²) in [4.78, 5) is 29.5. The standard InChI is InChI=1S/C18H21N3O4S2/c1-12(22)16-15(13-6-4-3-5-7-13)19-18(26-16)20-17(23)14-8-10-21(11-9-14)27(2,24)25/h3-7,14H,8-11H2,1-2H3,(H,19,20,23). The average Bonchev–Trinajstić information content (AvgIpc) is 3.06. The molecule has 2 aromatic rings. The highest BCUT2D eigenvalue weighted by molar-refractivity contribution is 7.88. The van der Waals surface area contributed by atoms with Crippen molar-refractivity contribution < 1.29 is 18.0 Å². The van der Waals surface area contributed by atoms with Crippen LogP contribution in [0.4, 0.5) is 5.13 Å². The third kappa shape index (κ3) is 4.60. The van der Waals surface area contributed by atoms with Crippen LogP contribution in [0.3, 0.4) is 0 Å². The molecule has 9 heteroatoms. The zero-order valence-electron chi connectivity index (χ0n) is 15.1. The Hall–Kier alpha value is -2.10. The van der Waals surface area contributed by atoms with Gasteiger partial charge in [-0.3, -0.25) is 9.59 Å². The minimum Gasteiger partial charge on any atom is -0.302 e. The highest BCUT2D eigenvalue weighted by Crippen LogP contribution is 2.32. The number of ketones is 1. The number of Topliss-reactive ketones (excluding diaryl/α,β-unsaturated/α-hetero) is 1. The lowest BCUT2D eigenvalue weighted by atomic mass is 9.97. The number of anilines is 1.